The SMILES string of the molecule is NC1=NC(c2ccccc2)C(O)=C1c1cccc(C(F)(F)F)c1. The minimum atomic E-state index is -4.46. The Bertz CT molecular complexity index is 795. The van der Waals surface area contributed by atoms with E-state index in [0.29, 0.717) is 0 Å². The molecule has 0 aliphatic carbocycles. The van der Waals surface area contributed by atoms with E-state index in [9.17, 15) is 18.3 Å². The summed E-state index contributed by atoms with van der Waals surface area (Å²) in [5.74, 6) is -0.122. The molecule has 0 fully saturated rings. The molecule has 118 valence electrons. The summed E-state index contributed by atoms with van der Waals surface area (Å²) in [6, 6.07) is 12.9. The minimum Gasteiger partial charge on any atom is -0.509 e. The molecule has 1 unspecified atom stereocenters. The Kier molecular flexibility index (Phi) is 3.60. The van der Waals surface area contributed by atoms with Gasteiger partial charge in [-0.2, -0.15) is 13.2 Å². The van der Waals surface area contributed by atoms with Gasteiger partial charge in [0.15, 0.2) is 0 Å². The molecule has 1 atom stereocenters. The molecule has 2 aromatic carbocycles. The summed E-state index contributed by atoms with van der Waals surface area (Å²) in [5, 5.41) is 10.4. The van der Waals surface area contributed by atoms with Crippen molar-refractivity contribution >= 4 is 11.4 Å². The number of benzene rings is 2. The van der Waals surface area contributed by atoms with Crippen LogP contribution in [0.2, 0.25) is 0 Å². The third-order valence-electron chi connectivity index (χ3n) is 3.63. The summed E-state index contributed by atoms with van der Waals surface area (Å²) in [4.78, 5) is 4.18. The van der Waals surface area contributed by atoms with Crippen LogP contribution < -0.4 is 5.73 Å². The lowest BCUT2D eigenvalue weighted by Gasteiger charge is -2.11. The van der Waals surface area contributed by atoms with Crippen LogP contribution in [-0.4, -0.2) is 10.9 Å². The first-order valence-electron chi connectivity index (χ1n) is 6.87. The molecule has 2 aromatic rings. The monoisotopic (exact) mass is 318 g/mol. The van der Waals surface area contributed by atoms with Crippen LogP contribution in [0.1, 0.15) is 22.7 Å². The highest BCUT2D eigenvalue weighted by molar-refractivity contribution is 6.24. The van der Waals surface area contributed by atoms with Crippen molar-refractivity contribution in [3.63, 3.8) is 0 Å². The summed E-state index contributed by atoms with van der Waals surface area (Å²) in [6.07, 6.45) is -4.46. The summed E-state index contributed by atoms with van der Waals surface area (Å²) >= 11 is 0. The Balaban J connectivity index is 2.06. The molecule has 0 aromatic heterocycles. The van der Waals surface area contributed by atoms with Gasteiger partial charge in [0.1, 0.15) is 17.6 Å². The predicted octanol–water partition coefficient (Wildman–Crippen LogP) is 4.09. The molecular formula is C17H13F3N2O. The van der Waals surface area contributed by atoms with Crippen LogP contribution in [0.4, 0.5) is 13.2 Å². The van der Waals surface area contributed by atoms with Crippen molar-refractivity contribution in [2.24, 2.45) is 10.7 Å². The predicted molar refractivity (Wildman–Crippen MR) is 81.8 cm³/mol. The lowest BCUT2D eigenvalue weighted by atomic mass is 9.98. The van der Waals surface area contributed by atoms with Gasteiger partial charge < -0.3 is 10.8 Å². The van der Waals surface area contributed by atoms with Gasteiger partial charge in [-0.25, -0.2) is 0 Å². The van der Waals surface area contributed by atoms with Crippen LogP contribution >= 0.6 is 0 Å². The largest absolute Gasteiger partial charge is 0.509 e. The van der Waals surface area contributed by atoms with Gasteiger partial charge in [-0.05, 0) is 23.3 Å². The first-order valence-corrected chi connectivity index (χ1v) is 6.87. The standard InChI is InChI=1S/C17H13F3N2O/c18-17(19,20)12-8-4-7-11(9-12)13-15(23)14(22-16(13)21)10-5-2-1-3-6-10/h1-9,14,23H,(H2,21,22). The minimum absolute atomic E-state index is 0.0238. The Hall–Kier alpha value is -2.76. The lowest BCUT2D eigenvalue weighted by molar-refractivity contribution is -0.137. The number of nitrogens with zero attached hydrogens (tertiary/aromatic N) is 1. The number of aliphatic hydroxyl groups excluding tert-OH is 1. The maximum absolute atomic E-state index is 12.9. The number of nitrogens with two attached hydrogens (primary N) is 1. The summed E-state index contributed by atoms with van der Waals surface area (Å²) in [6.45, 7) is 0. The molecule has 3 nitrogen and oxygen atoms in total. The number of aliphatic hydroxyl groups is 1. The van der Waals surface area contributed by atoms with E-state index in [-0.39, 0.29) is 22.7 Å². The average molecular weight is 318 g/mol. The van der Waals surface area contributed by atoms with Crippen LogP contribution in [0.3, 0.4) is 0 Å². The molecule has 0 bridgehead atoms. The third-order valence-corrected chi connectivity index (χ3v) is 3.63. The fourth-order valence-electron chi connectivity index (χ4n) is 2.55. The molecule has 3 N–H and O–H groups in total. The van der Waals surface area contributed by atoms with Crippen molar-refractivity contribution < 1.29 is 18.3 Å². The molecule has 1 heterocycles. The fourth-order valence-corrected chi connectivity index (χ4v) is 2.55. The van der Waals surface area contributed by atoms with Gasteiger partial charge in [0, 0.05) is 0 Å². The van der Waals surface area contributed by atoms with Gasteiger partial charge >= 0.3 is 6.18 Å². The molecule has 0 radical (unpaired) electrons. The smallest absolute Gasteiger partial charge is 0.416 e. The van der Waals surface area contributed by atoms with Crippen molar-refractivity contribution in [1.29, 1.82) is 0 Å². The molecule has 0 spiro atoms. The van der Waals surface area contributed by atoms with E-state index < -0.39 is 17.8 Å². The van der Waals surface area contributed by atoms with Gasteiger partial charge in [-0.1, -0.05) is 42.5 Å². The van der Waals surface area contributed by atoms with Crippen molar-refractivity contribution in [2.45, 2.75) is 12.2 Å². The van der Waals surface area contributed by atoms with Gasteiger partial charge in [-0.15, -0.1) is 0 Å². The Labute approximate surface area is 130 Å². The van der Waals surface area contributed by atoms with Gasteiger partial charge in [-0.3, -0.25) is 4.99 Å². The van der Waals surface area contributed by atoms with Crippen molar-refractivity contribution in [3.8, 4) is 0 Å². The molecule has 1 aliphatic rings. The van der Waals surface area contributed by atoms with Crippen LogP contribution in [0.5, 0.6) is 0 Å². The van der Waals surface area contributed by atoms with E-state index in [4.69, 9.17) is 5.73 Å². The van der Waals surface area contributed by atoms with E-state index in [1.807, 2.05) is 6.07 Å². The average Bonchev–Trinajstić information content (AvgIpc) is 2.82. The second kappa shape index (κ2) is 5.46. The van der Waals surface area contributed by atoms with Crippen molar-refractivity contribution in [1.82, 2.24) is 0 Å². The van der Waals surface area contributed by atoms with Crippen molar-refractivity contribution in [2.75, 3.05) is 0 Å². The van der Waals surface area contributed by atoms with Crippen molar-refractivity contribution in [3.05, 3.63) is 77.0 Å². The quantitative estimate of drug-likeness (QED) is 0.876. The molecular weight excluding hydrogens is 305 g/mol. The number of rotatable bonds is 2. The molecule has 0 saturated heterocycles. The highest BCUT2D eigenvalue weighted by Gasteiger charge is 2.33. The van der Waals surface area contributed by atoms with E-state index in [1.54, 1.807) is 24.3 Å². The zero-order chi connectivity index (χ0) is 16.6. The number of hydrogen-bond donors (Lipinski definition) is 2. The van der Waals surface area contributed by atoms with Gasteiger partial charge in [0.2, 0.25) is 0 Å². The van der Waals surface area contributed by atoms with E-state index in [0.717, 1.165) is 17.7 Å². The zero-order valence-corrected chi connectivity index (χ0v) is 11.9. The number of aliphatic imine (C=N–C) groups is 1. The maximum Gasteiger partial charge on any atom is 0.416 e. The topological polar surface area (TPSA) is 58.6 Å². The summed E-state index contributed by atoms with van der Waals surface area (Å²) in [5.41, 5.74) is 6.09. The normalized spacial score (nSPS) is 18.2. The van der Waals surface area contributed by atoms with E-state index >= 15 is 0 Å². The fraction of sp³-hybridized carbons (Fsp3) is 0.118. The van der Waals surface area contributed by atoms with E-state index in [1.165, 1.54) is 12.1 Å². The highest BCUT2D eigenvalue weighted by Crippen LogP contribution is 2.38. The molecule has 6 heteroatoms. The first-order chi connectivity index (χ1) is 10.9. The number of alkyl halides is 3. The molecule has 0 amide bonds. The first kappa shape index (κ1) is 15.1. The summed E-state index contributed by atoms with van der Waals surface area (Å²) < 4.78 is 38.6. The zero-order valence-electron chi connectivity index (χ0n) is 11.9. The summed E-state index contributed by atoms with van der Waals surface area (Å²) in [7, 11) is 0. The van der Waals surface area contributed by atoms with Crippen LogP contribution in [0.15, 0.2) is 65.3 Å². The number of amidine groups is 1. The number of halogens is 3. The molecule has 23 heavy (non-hydrogen) atoms. The third kappa shape index (κ3) is 2.79. The molecule has 1 aliphatic heterocycles. The second-order valence-electron chi connectivity index (χ2n) is 5.17. The number of hydrogen-bond acceptors (Lipinski definition) is 3. The Morgan fingerprint density at radius 1 is 1.00 bits per heavy atom. The van der Waals surface area contributed by atoms with Crippen LogP contribution in [0, 0.1) is 0 Å². The lowest BCUT2D eigenvalue weighted by Crippen LogP contribution is -2.13. The van der Waals surface area contributed by atoms with Crippen LogP contribution in [0.25, 0.3) is 5.57 Å². The maximum atomic E-state index is 12.9. The van der Waals surface area contributed by atoms with Crippen LogP contribution in [-0.2, 0) is 6.18 Å². The Morgan fingerprint density at radius 2 is 1.70 bits per heavy atom. The second-order valence-corrected chi connectivity index (χ2v) is 5.17. The highest BCUT2D eigenvalue weighted by atomic mass is 19.4. The molecule has 3 rings (SSSR count). The Morgan fingerprint density at radius 3 is 2.35 bits per heavy atom. The van der Waals surface area contributed by atoms with Gasteiger partial charge in [0.25, 0.3) is 0 Å². The molecule has 0 saturated carbocycles. The van der Waals surface area contributed by atoms with Gasteiger partial charge in [0.05, 0.1) is 11.1 Å². The van der Waals surface area contributed by atoms with E-state index in [2.05, 4.69) is 4.99 Å².